The van der Waals surface area contributed by atoms with E-state index in [-0.39, 0.29) is 36.2 Å². The second-order valence-electron chi connectivity index (χ2n) is 8.43. The fourth-order valence-corrected chi connectivity index (χ4v) is 4.20. The third-order valence-corrected chi connectivity index (χ3v) is 5.97. The van der Waals surface area contributed by atoms with Gasteiger partial charge in [-0.1, -0.05) is 6.92 Å². The zero-order valence-corrected chi connectivity index (χ0v) is 17.5. The Balaban J connectivity index is 1.41. The van der Waals surface area contributed by atoms with E-state index in [0.717, 1.165) is 18.5 Å². The molecule has 1 heterocycles. The zero-order valence-electron chi connectivity index (χ0n) is 17.5. The topological polar surface area (TPSA) is 87.7 Å². The van der Waals surface area contributed by atoms with E-state index >= 15 is 0 Å². The summed E-state index contributed by atoms with van der Waals surface area (Å²) in [5.74, 6) is -0.143. The Hall–Kier alpha value is -2.41. The first-order valence-corrected chi connectivity index (χ1v) is 10.3. The Morgan fingerprint density at radius 3 is 2.69 bits per heavy atom. The monoisotopic (exact) mass is 401 g/mol. The van der Waals surface area contributed by atoms with E-state index in [1.54, 1.807) is 12.1 Å². The van der Waals surface area contributed by atoms with Crippen LogP contribution in [0.1, 0.15) is 49.4 Å². The van der Waals surface area contributed by atoms with Gasteiger partial charge in [-0.05, 0) is 55.9 Å². The normalized spacial score (nSPS) is 24.1. The van der Waals surface area contributed by atoms with Crippen molar-refractivity contribution < 1.29 is 19.1 Å². The second-order valence-corrected chi connectivity index (χ2v) is 8.43. The van der Waals surface area contributed by atoms with Gasteiger partial charge in [-0.25, -0.2) is 0 Å². The second kappa shape index (κ2) is 8.95. The number of hydrogen-bond donors (Lipinski definition) is 2. The highest BCUT2D eigenvalue weighted by molar-refractivity contribution is 5.96. The van der Waals surface area contributed by atoms with E-state index in [9.17, 15) is 14.4 Å². The van der Waals surface area contributed by atoms with Crippen molar-refractivity contribution in [1.82, 2.24) is 10.6 Å². The van der Waals surface area contributed by atoms with Crippen LogP contribution in [0.4, 0.5) is 5.69 Å². The smallest absolute Gasteiger partial charge is 0.251 e. The van der Waals surface area contributed by atoms with Gasteiger partial charge in [-0.15, -0.1) is 0 Å². The van der Waals surface area contributed by atoms with Crippen molar-refractivity contribution >= 4 is 23.3 Å². The van der Waals surface area contributed by atoms with E-state index < -0.39 is 5.54 Å². The summed E-state index contributed by atoms with van der Waals surface area (Å²) in [6, 6.07) is 7.43. The molecule has 1 aromatic carbocycles. The molecule has 7 nitrogen and oxygen atoms in total. The highest BCUT2D eigenvalue weighted by Crippen LogP contribution is 2.37. The number of fused-ring (bicyclic) bond motifs is 1. The van der Waals surface area contributed by atoms with Gasteiger partial charge in [0.1, 0.15) is 12.1 Å². The van der Waals surface area contributed by atoms with Crippen molar-refractivity contribution in [2.45, 2.75) is 50.7 Å². The predicted molar refractivity (Wildman–Crippen MR) is 111 cm³/mol. The Morgan fingerprint density at radius 2 is 2.00 bits per heavy atom. The molecule has 1 saturated heterocycles. The summed E-state index contributed by atoms with van der Waals surface area (Å²) in [6.45, 7) is 2.58. The summed E-state index contributed by atoms with van der Waals surface area (Å²) < 4.78 is 5.54. The lowest BCUT2D eigenvalue weighted by Crippen LogP contribution is -2.56. The van der Waals surface area contributed by atoms with Gasteiger partial charge in [0, 0.05) is 38.3 Å². The number of carbonyl (C=O) groups excluding carboxylic acids is 3. The Morgan fingerprint density at radius 1 is 1.28 bits per heavy atom. The number of amides is 2. The van der Waals surface area contributed by atoms with Crippen LogP contribution in [-0.4, -0.2) is 56.5 Å². The molecule has 1 aliphatic carbocycles. The number of Topliss-reactive ketones (excluding diaryl/α,β-unsaturated/α-hetero) is 1. The van der Waals surface area contributed by atoms with Gasteiger partial charge in [0.2, 0.25) is 5.91 Å². The van der Waals surface area contributed by atoms with E-state index in [1.165, 1.54) is 0 Å². The van der Waals surface area contributed by atoms with E-state index in [2.05, 4.69) is 10.6 Å². The van der Waals surface area contributed by atoms with Crippen LogP contribution in [-0.2, 0) is 14.3 Å². The van der Waals surface area contributed by atoms with Crippen LogP contribution in [0.3, 0.4) is 0 Å². The molecule has 2 amide bonds. The molecule has 0 bridgehead atoms. The molecule has 1 aromatic rings. The fourth-order valence-electron chi connectivity index (χ4n) is 4.20. The Kier molecular flexibility index (Phi) is 6.57. The Labute approximate surface area is 172 Å². The third kappa shape index (κ3) is 4.78. The van der Waals surface area contributed by atoms with Crippen LogP contribution in [0.2, 0.25) is 0 Å². The number of nitrogens with one attached hydrogen (secondary N) is 2. The quantitative estimate of drug-likeness (QED) is 0.695. The van der Waals surface area contributed by atoms with E-state index in [4.69, 9.17) is 4.74 Å². The first kappa shape index (κ1) is 21.3. The van der Waals surface area contributed by atoms with Crippen molar-refractivity contribution in [2.75, 3.05) is 32.1 Å². The van der Waals surface area contributed by atoms with Gasteiger partial charge >= 0.3 is 0 Å². The van der Waals surface area contributed by atoms with Crippen molar-refractivity contribution in [3.8, 4) is 0 Å². The summed E-state index contributed by atoms with van der Waals surface area (Å²) in [5, 5.41) is 5.88. The number of ether oxygens (including phenoxy) is 1. The molecule has 29 heavy (non-hydrogen) atoms. The minimum absolute atomic E-state index is 0.00597. The standard InChI is InChI=1S/C22H31N3O4/c1-15(10-12-23-21(28)16-6-8-17(9-7-16)25(2)3)13-20(27)24-22-11-4-5-19(22)29-14-18(22)26/h6-9,15,19H,4-5,10-14H2,1-3H3,(H,23,28)(H,24,27). The minimum Gasteiger partial charge on any atom is -0.378 e. The first-order valence-electron chi connectivity index (χ1n) is 10.3. The highest BCUT2D eigenvalue weighted by atomic mass is 16.5. The lowest BCUT2D eigenvalue weighted by Gasteiger charge is -2.28. The Bertz CT molecular complexity index is 762. The molecule has 2 N–H and O–H groups in total. The van der Waals surface area contributed by atoms with Crippen LogP contribution in [0.15, 0.2) is 24.3 Å². The number of ketones is 1. The number of anilines is 1. The van der Waals surface area contributed by atoms with Gasteiger partial charge in [0.15, 0.2) is 5.78 Å². The van der Waals surface area contributed by atoms with Crippen molar-refractivity contribution in [3.63, 3.8) is 0 Å². The molecule has 0 aromatic heterocycles. The molecule has 158 valence electrons. The van der Waals surface area contributed by atoms with Crippen molar-refractivity contribution in [1.29, 1.82) is 0 Å². The number of benzene rings is 1. The SMILES string of the molecule is CC(CCNC(=O)c1ccc(N(C)C)cc1)CC(=O)NC12CCCC1OCC2=O. The number of rotatable bonds is 8. The van der Waals surface area contributed by atoms with Gasteiger partial charge in [0.05, 0.1) is 6.10 Å². The molecule has 3 atom stereocenters. The zero-order chi connectivity index (χ0) is 21.0. The molecule has 1 saturated carbocycles. The third-order valence-electron chi connectivity index (χ3n) is 5.97. The van der Waals surface area contributed by atoms with E-state index in [1.807, 2.05) is 38.1 Å². The maximum atomic E-state index is 12.5. The molecule has 1 aliphatic heterocycles. The molecule has 0 spiro atoms. The molecule has 2 aliphatic rings. The highest BCUT2D eigenvalue weighted by Gasteiger charge is 2.54. The van der Waals surface area contributed by atoms with Gasteiger partial charge in [0.25, 0.3) is 5.91 Å². The predicted octanol–water partition coefficient (Wildman–Crippen LogP) is 1.91. The van der Waals surface area contributed by atoms with Crippen LogP contribution < -0.4 is 15.5 Å². The summed E-state index contributed by atoms with van der Waals surface area (Å²) in [7, 11) is 3.91. The summed E-state index contributed by atoms with van der Waals surface area (Å²) in [6.07, 6.45) is 3.23. The molecule has 2 fully saturated rings. The molecule has 0 radical (unpaired) electrons. The van der Waals surface area contributed by atoms with Crippen LogP contribution in [0, 0.1) is 5.92 Å². The van der Waals surface area contributed by atoms with Crippen molar-refractivity contribution in [2.24, 2.45) is 5.92 Å². The van der Waals surface area contributed by atoms with Crippen molar-refractivity contribution in [3.05, 3.63) is 29.8 Å². The molecule has 3 rings (SSSR count). The van der Waals surface area contributed by atoms with Crippen LogP contribution in [0.5, 0.6) is 0 Å². The van der Waals surface area contributed by atoms with Crippen LogP contribution in [0.25, 0.3) is 0 Å². The van der Waals surface area contributed by atoms with Crippen LogP contribution >= 0.6 is 0 Å². The lowest BCUT2D eigenvalue weighted by molar-refractivity contribution is -0.130. The fraction of sp³-hybridized carbons (Fsp3) is 0.591. The van der Waals surface area contributed by atoms with Gasteiger partial charge in [-0.2, -0.15) is 0 Å². The summed E-state index contributed by atoms with van der Waals surface area (Å²) in [5.41, 5.74) is 0.854. The number of carbonyl (C=O) groups is 3. The maximum absolute atomic E-state index is 12.5. The number of hydrogen-bond acceptors (Lipinski definition) is 5. The maximum Gasteiger partial charge on any atom is 0.251 e. The average molecular weight is 402 g/mol. The first-order chi connectivity index (χ1) is 13.8. The minimum atomic E-state index is -0.802. The molecular formula is C22H31N3O4. The van der Waals surface area contributed by atoms with E-state index in [0.29, 0.717) is 31.4 Å². The summed E-state index contributed by atoms with van der Waals surface area (Å²) >= 11 is 0. The molecule has 3 unspecified atom stereocenters. The lowest BCUT2D eigenvalue weighted by atomic mass is 9.91. The average Bonchev–Trinajstić information content (AvgIpc) is 3.21. The molecule has 7 heteroatoms. The molecular weight excluding hydrogens is 370 g/mol. The number of nitrogens with zero attached hydrogens (tertiary/aromatic N) is 1. The summed E-state index contributed by atoms with van der Waals surface area (Å²) in [4.78, 5) is 39.0. The van der Waals surface area contributed by atoms with Gasteiger partial charge < -0.3 is 20.3 Å². The largest absolute Gasteiger partial charge is 0.378 e. The van der Waals surface area contributed by atoms with Gasteiger partial charge in [-0.3, -0.25) is 14.4 Å².